The van der Waals surface area contributed by atoms with Crippen molar-refractivity contribution < 1.29 is 9.47 Å². The number of anilines is 1. The van der Waals surface area contributed by atoms with Crippen LogP contribution in [0.2, 0.25) is 0 Å². The molecule has 0 aromatic heterocycles. The van der Waals surface area contributed by atoms with E-state index in [2.05, 4.69) is 10.3 Å². The molecule has 134 valence electrons. The summed E-state index contributed by atoms with van der Waals surface area (Å²) < 4.78 is 11.1. The molecule has 5 heteroatoms. The number of ether oxygens (including phenoxy) is 2. The first-order chi connectivity index (χ1) is 12.2. The molecular formula is C20H27N3O2. The van der Waals surface area contributed by atoms with Crippen molar-refractivity contribution in [3.8, 4) is 0 Å². The van der Waals surface area contributed by atoms with E-state index in [-0.39, 0.29) is 0 Å². The average Bonchev–Trinajstić information content (AvgIpc) is 2.61. The second-order valence-corrected chi connectivity index (χ2v) is 5.77. The number of rotatable bonds is 10. The van der Waals surface area contributed by atoms with Gasteiger partial charge >= 0.3 is 0 Å². The lowest BCUT2D eigenvalue weighted by molar-refractivity contribution is 0.0403. The maximum absolute atomic E-state index is 5.87. The summed E-state index contributed by atoms with van der Waals surface area (Å²) in [6, 6.07) is 18.1. The standard InChI is InChI=1S/C20H27N3O2/c1-17-7-5-10-19(15-17)23-20(21)22-11-6-12-24-13-14-25-16-18-8-3-2-4-9-18/h2-5,7-10,15H,6,11-14,16H2,1H3,(H3,21,22,23). The molecule has 0 saturated carbocycles. The first-order valence-electron chi connectivity index (χ1n) is 8.57. The van der Waals surface area contributed by atoms with Crippen molar-refractivity contribution in [2.75, 3.05) is 31.7 Å². The van der Waals surface area contributed by atoms with Gasteiger partial charge < -0.3 is 20.5 Å². The normalized spacial score (nSPS) is 11.5. The third kappa shape index (κ3) is 8.33. The number of aliphatic imine (C=N–C) groups is 1. The molecule has 0 spiro atoms. The van der Waals surface area contributed by atoms with E-state index in [9.17, 15) is 0 Å². The summed E-state index contributed by atoms with van der Waals surface area (Å²) in [4.78, 5) is 4.29. The lowest BCUT2D eigenvalue weighted by Crippen LogP contribution is -2.23. The molecule has 0 bridgehead atoms. The van der Waals surface area contributed by atoms with Gasteiger partial charge in [-0.3, -0.25) is 4.99 Å². The van der Waals surface area contributed by atoms with Crippen molar-refractivity contribution in [3.63, 3.8) is 0 Å². The van der Waals surface area contributed by atoms with E-state index in [1.54, 1.807) is 0 Å². The number of benzene rings is 2. The number of hydrogen-bond donors (Lipinski definition) is 2. The fourth-order valence-corrected chi connectivity index (χ4v) is 2.26. The first kappa shape index (κ1) is 19.0. The minimum Gasteiger partial charge on any atom is -0.379 e. The second-order valence-electron chi connectivity index (χ2n) is 5.77. The minimum absolute atomic E-state index is 0.428. The van der Waals surface area contributed by atoms with Crippen LogP contribution in [0.25, 0.3) is 0 Å². The highest BCUT2D eigenvalue weighted by molar-refractivity contribution is 5.92. The Morgan fingerprint density at radius 2 is 1.80 bits per heavy atom. The van der Waals surface area contributed by atoms with E-state index in [0.717, 1.165) is 12.1 Å². The van der Waals surface area contributed by atoms with Crippen LogP contribution < -0.4 is 11.1 Å². The summed E-state index contributed by atoms with van der Waals surface area (Å²) in [5, 5.41) is 3.08. The van der Waals surface area contributed by atoms with Crippen LogP contribution in [0.15, 0.2) is 59.6 Å². The van der Waals surface area contributed by atoms with Crippen molar-refractivity contribution in [2.45, 2.75) is 20.0 Å². The van der Waals surface area contributed by atoms with Gasteiger partial charge in [-0.2, -0.15) is 0 Å². The molecule has 2 aromatic rings. The second kappa shape index (κ2) is 11.2. The fourth-order valence-electron chi connectivity index (χ4n) is 2.26. The SMILES string of the molecule is Cc1cccc(NC(N)=NCCCOCCOCc2ccccc2)c1. The van der Waals surface area contributed by atoms with Gasteiger partial charge in [0.2, 0.25) is 0 Å². The predicted octanol–water partition coefficient (Wildman–Crippen LogP) is 3.35. The van der Waals surface area contributed by atoms with E-state index in [1.165, 1.54) is 11.1 Å². The highest BCUT2D eigenvalue weighted by atomic mass is 16.5. The molecule has 2 rings (SSSR count). The van der Waals surface area contributed by atoms with Gasteiger partial charge in [-0.05, 0) is 36.6 Å². The van der Waals surface area contributed by atoms with E-state index < -0.39 is 0 Å². The number of aryl methyl sites for hydroxylation is 1. The zero-order valence-corrected chi connectivity index (χ0v) is 14.8. The average molecular weight is 341 g/mol. The quantitative estimate of drug-likeness (QED) is 0.395. The Balaban J connectivity index is 1.48. The third-order valence-electron chi connectivity index (χ3n) is 3.50. The molecule has 2 aromatic carbocycles. The maximum atomic E-state index is 5.87. The number of nitrogens with zero attached hydrogens (tertiary/aromatic N) is 1. The molecule has 25 heavy (non-hydrogen) atoms. The van der Waals surface area contributed by atoms with Crippen LogP contribution in [0.1, 0.15) is 17.5 Å². The third-order valence-corrected chi connectivity index (χ3v) is 3.50. The van der Waals surface area contributed by atoms with Gasteiger partial charge in [0.05, 0.1) is 19.8 Å². The largest absolute Gasteiger partial charge is 0.379 e. The number of hydrogen-bond acceptors (Lipinski definition) is 3. The summed E-state index contributed by atoms with van der Waals surface area (Å²) in [5.41, 5.74) is 9.18. The van der Waals surface area contributed by atoms with Crippen molar-refractivity contribution in [1.29, 1.82) is 0 Å². The Morgan fingerprint density at radius 3 is 2.60 bits per heavy atom. The Labute approximate surface area is 149 Å². The molecule has 0 atom stereocenters. The zero-order chi connectivity index (χ0) is 17.7. The summed E-state index contributed by atoms with van der Waals surface area (Å²) in [7, 11) is 0. The van der Waals surface area contributed by atoms with E-state index in [1.807, 2.05) is 61.5 Å². The summed E-state index contributed by atoms with van der Waals surface area (Å²) in [5.74, 6) is 0.428. The van der Waals surface area contributed by atoms with Crippen molar-refractivity contribution >= 4 is 11.6 Å². The number of nitrogens with two attached hydrogens (primary N) is 1. The summed E-state index contributed by atoms with van der Waals surface area (Å²) in [6.07, 6.45) is 0.828. The monoisotopic (exact) mass is 341 g/mol. The van der Waals surface area contributed by atoms with Crippen LogP contribution >= 0.6 is 0 Å². The molecule has 0 heterocycles. The Bertz CT molecular complexity index is 644. The van der Waals surface area contributed by atoms with Crippen molar-refractivity contribution in [2.24, 2.45) is 10.7 Å². The van der Waals surface area contributed by atoms with Gasteiger partial charge in [0.1, 0.15) is 0 Å². The van der Waals surface area contributed by atoms with E-state index in [4.69, 9.17) is 15.2 Å². The molecular weight excluding hydrogens is 314 g/mol. The first-order valence-corrected chi connectivity index (χ1v) is 8.57. The lowest BCUT2D eigenvalue weighted by atomic mass is 10.2. The Kier molecular flexibility index (Phi) is 8.52. The topological polar surface area (TPSA) is 68.9 Å². The number of nitrogens with one attached hydrogen (secondary N) is 1. The van der Waals surface area contributed by atoms with E-state index in [0.29, 0.717) is 38.9 Å². The zero-order valence-electron chi connectivity index (χ0n) is 14.8. The fraction of sp³-hybridized carbons (Fsp3) is 0.350. The van der Waals surface area contributed by atoms with Gasteiger partial charge in [0.25, 0.3) is 0 Å². The molecule has 0 unspecified atom stereocenters. The van der Waals surface area contributed by atoms with Gasteiger partial charge in [-0.1, -0.05) is 42.5 Å². The van der Waals surface area contributed by atoms with Gasteiger partial charge in [-0.25, -0.2) is 0 Å². The highest BCUT2D eigenvalue weighted by Crippen LogP contribution is 2.08. The van der Waals surface area contributed by atoms with Crippen LogP contribution in [-0.4, -0.2) is 32.3 Å². The van der Waals surface area contributed by atoms with Crippen LogP contribution in [0.5, 0.6) is 0 Å². The van der Waals surface area contributed by atoms with Crippen molar-refractivity contribution in [3.05, 3.63) is 65.7 Å². The van der Waals surface area contributed by atoms with Crippen LogP contribution in [0.3, 0.4) is 0 Å². The van der Waals surface area contributed by atoms with Gasteiger partial charge in [-0.15, -0.1) is 0 Å². The molecule has 5 nitrogen and oxygen atoms in total. The number of guanidine groups is 1. The Hall–Kier alpha value is -2.37. The molecule has 0 fully saturated rings. The molecule has 0 radical (unpaired) electrons. The lowest BCUT2D eigenvalue weighted by Gasteiger charge is -2.07. The Morgan fingerprint density at radius 1 is 1.00 bits per heavy atom. The molecule has 0 amide bonds. The van der Waals surface area contributed by atoms with Gasteiger partial charge in [0.15, 0.2) is 5.96 Å². The molecule has 0 saturated heterocycles. The van der Waals surface area contributed by atoms with Crippen LogP contribution in [0.4, 0.5) is 5.69 Å². The smallest absolute Gasteiger partial charge is 0.193 e. The molecule has 0 aliphatic rings. The van der Waals surface area contributed by atoms with Crippen LogP contribution in [0, 0.1) is 6.92 Å². The molecule has 0 aliphatic carbocycles. The predicted molar refractivity (Wildman–Crippen MR) is 103 cm³/mol. The molecule has 3 N–H and O–H groups in total. The summed E-state index contributed by atoms with van der Waals surface area (Å²) in [6.45, 7) is 5.13. The highest BCUT2D eigenvalue weighted by Gasteiger charge is 1.96. The minimum atomic E-state index is 0.428. The van der Waals surface area contributed by atoms with Crippen LogP contribution in [-0.2, 0) is 16.1 Å². The van der Waals surface area contributed by atoms with Crippen molar-refractivity contribution in [1.82, 2.24) is 0 Å². The maximum Gasteiger partial charge on any atom is 0.193 e. The van der Waals surface area contributed by atoms with Gasteiger partial charge in [0, 0.05) is 18.8 Å². The summed E-state index contributed by atoms with van der Waals surface area (Å²) >= 11 is 0. The van der Waals surface area contributed by atoms with E-state index >= 15 is 0 Å². The molecule has 0 aliphatic heterocycles.